The van der Waals surface area contributed by atoms with E-state index in [9.17, 15) is 13.7 Å². The Labute approximate surface area is 160 Å². The van der Waals surface area contributed by atoms with Crippen LogP contribution in [-0.2, 0) is 9.84 Å². The molecule has 1 aliphatic carbocycles. The van der Waals surface area contributed by atoms with Crippen LogP contribution in [0.2, 0.25) is 5.02 Å². The Balaban J connectivity index is 1.89. The number of aromatic nitrogens is 3. The summed E-state index contributed by atoms with van der Waals surface area (Å²) in [6.07, 6.45) is 5.00. The second-order valence-electron chi connectivity index (χ2n) is 5.50. The predicted molar refractivity (Wildman–Crippen MR) is 99.5 cm³/mol. The number of sulfone groups is 1. The van der Waals surface area contributed by atoms with Gasteiger partial charge in [0.25, 0.3) is 0 Å². The average Bonchev–Trinajstić information content (AvgIpc) is 3.47. The molecule has 1 saturated carbocycles. The van der Waals surface area contributed by atoms with Gasteiger partial charge in [0.15, 0.2) is 10.1 Å². The number of thioether (sulfide) groups is 1. The maximum atomic E-state index is 12.6. The molecular formula is C16H14ClN5O2S2. The summed E-state index contributed by atoms with van der Waals surface area (Å²) in [6, 6.07) is 7.31. The van der Waals surface area contributed by atoms with E-state index in [4.69, 9.17) is 11.6 Å². The summed E-state index contributed by atoms with van der Waals surface area (Å²) >= 11 is 7.15. The average molecular weight is 408 g/mol. The minimum atomic E-state index is -3.97. The second kappa shape index (κ2) is 7.61. The highest BCUT2D eigenvalue weighted by Crippen LogP contribution is 2.38. The quantitative estimate of drug-likeness (QED) is 0.573. The van der Waals surface area contributed by atoms with E-state index < -0.39 is 14.7 Å². The molecule has 1 aromatic carbocycles. The summed E-state index contributed by atoms with van der Waals surface area (Å²) in [4.78, 5) is 12.4. The number of hydrogen-bond donors (Lipinski definition) is 1. The van der Waals surface area contributed by atoms with Crippen LogP contribution < -0.4 is 5.32 Å². The maximum Gasteiger partial charge on any atom is 0.231 e. The van der Waals surface area contributed by atoms with Crippen LogP contribution in [0.4, 0.5) is 5.95 Å². The molecule has 0 spiro atoms. The molecule has 3 rings (SSSR count). The Morgan fingerprint density at radius 1 is 1.31 bits per heavy atom. The van der Waals surface area contributed by atoms with Crippen LogP contribution in [-0.4, -0.2) is 29.6 Å². The maximum absolute atomic E-state index is 12.6. The van der Waals surface area contributed by atoms with E-state index in [1.807, 2.05) is 6.26 Å². The van der Waals surface area contributed by atoms with Crippen LogP contribution in [0.1, 0.15) is 24.6 Å². The molecular weight excluding hydrogens is 394 g/mol. The third-order valence-electron chi connectivity index (χ3n) is 3.61. The molecule has 0 bridgehead atoms. The molecule has 26 heavy (non-hydrogen) atoms. The molecule has 134 valence electrons. The van der Waals surface area contributed by atoms with Gasteiger partial charge in [-0.1, -0.05) is 23.4 Å². The van der Waals surface area contributed by atoms with Crippen molar-refractivity contribution in [3.05, 3.63) is 46.2 Å². The fourth-order valence-electron chi connectivity index (χ4n) is 2.09. The fraction of sp³-hybridized carbons (Fsp3) is 0.250. The second-order valence-corrected chi connectivity index (χ2v) is 8.63. The third-order valence-corrected chi connectivity index (χ3v) is 6.09. The van der Waals surface area contributed by atoms with Crippen LogP contribution in [0.3, 0.4) is 0 Å². The molecule has 0 unspecified atom stereocenters. The molecule has 1 N–H and O–H groups in total. The standard InChI is InChI=1S/C16H14ClN5O2S2/c1-25-16-21-14(10-2-3-10)20-15(22-16)19-9-13(8-18)26(23,24)12-6-4-11(17)5-7-12/h4-7,9-10H,2-3H2,1H3,(H,19,20,21,22)/b13-9+. The van der Waals surface area contributed by atoms with E-state index in [1.165, 1.54) is 36.0 Å². The van der Waals surface area contributed by atoms with Crippen molar-refractivity contribution in [3.63, 3.8) is 0 Å². The lowest BCUT2D eigenvalue weighted by Gasteiger charge is -2.06. The summed E-state index contributed by atoms with van der Waals surface area (Å²) < 4.78 is 25.1. The molecule has 7 nitrogen and oxygen atoms in total. The third kappa shape index (κ3) is 4.15. The predicted octanol–water partition coefficient (Wildman–Crippen LogP) is 3.38. The number of nitriles is 1. The van der Waals surface area contributed by atoms with Crippen LogP contribution in [0, 0.1) is 11.3 Å². The van der Waals surface area contributed by atoms with Gasteiger partial charge >= 0.3 is 0 Å². The van der Waals surface area contributed by atoms with Crippen LogP contribution in [0.15, 0.2) is 45.4 Å². The topological polar surface area (TPSA) is 109 Å². The number of rotatable bonds is 6. The van der Waals surface area contributed by atoms with Gasteiger partial charge in [0.05, 0.1) is 4.90 Å². The highest BCUT2D eigenvalue weighted by atomic mass is 35.5. The summed E-state index contributed by atoms with van der Waals surface area (Å²) in [7, 11) is -3.97. The zero-order valence-corrected chi connectivity index (χ0v) is 16.1. The summed E-state index contributed by atoms with van der Waals surface area (Å²) in [5, 5.41) is 13.0. The molecule has 0 aliphatic heterocycles. The van der Waals surface area contributed by atoms with Crippen LogP contribution >= 0.6 is 23.4 Å². The lowest BCUT2D eigenvalue weighted by molar-refractivity contribution is 0.603. The zero-order chi connectivity index (χ0) is 18.7. The van der Waals surface area contributed by atoms with Crippen LogP contribution in [0.5, 0.6) is 0 Å². The van der Waals surface area contributed by atoms with Gasteiger partial charge in [-0.3, -0.25) is 0 Å². The lowest BCUT2D eigenvalue weighted by Crippen LogP contribution is -2.08. The SMILES string of the molecule is CSc1nc(N/C=C(\C#N)S(=O)(=O)c2ccc(Cl)cc2)nc(C2CC2)n1. The molecule has 1 heterocycles. The van der Waals surface area contributed by atoms with E-state index in [1.54, 1.807) is 6.07 Å². The van der Waals surface area contributed by atoms with Crippen molar-refractivity contribution in [2.45, 2.75) is 28.8 Å². The van der Waals surface area contributed by atoms with E-state index in [-0.39, 0.29) is 10.8 Å². The molecule has 2 aromatic rings. The van der Waals surface area contributed by atoms with Gasteiger partial charge in [0.1, 0.15) is 11.9 Å². The smallest absolute Gasteiger partial charge is 0.231 e. The summed E-state index contributed by atoms with van der Waals surface area (Å²) in [5.74, 6) is 1.21. The fourth-order valence-corrected chi connectivity index (χ4v) is 3.66. The first-order valence-corrected chi connectivity index (χ1v) is 10.7. The van der Waals surface area contributed by atoms with Crippen molar-refractivity contribution >= 4 is 39.1 Å². The number of anilines is 1. The van der Waals surface area contributed by atoms with Gasteiger partial charge in [0.2, 0.25) is 15.8 Å². The first-order chi connectivity index (χ1) is 12.4. The van der Waals surface area contributed by atoms with Crippen molar-refractivity contribution < 1.29 is 8.42 Å². The molecule has 10 heteroatoms. The number of nitrogens with one attached hydrogen (secondary N) is 1. The molecule has 1 fully saturated rings. The van der Waals surface area contributed by atoms with Gasteiger partial charge in [-0.15, -0.1) is 0 Å². The summed E-state index contributed by atoms with van der Waals surface area (Å²) in [6.45, 7) is 0. The first-order valence-electron chi connectivity index (χ1n) is 7.61. The van der Waals surface area contributed by atoms with Crippen molar-refractivity contribution in [3.8, 4) is 6.07 Å². The Bertz CT molecular complexity index is 996. The molecule has 1 aliphatic rings. The normalized spacial score (nSPS) is 14.7. The molecule has 0 atom stereocenters. The summed E-state index contributed by atoms with van der Waals surface area (Å²) in [5.41, 5.74) is 0. The van der Waals surface area contributed by atoms with Gasteiger partial charge in [-0.05, 0) is 43.4 Å². The largest absolute Gasteiger partial charge is 0.329 e. The van der Waals surface area contributed by atoms with Gasteiger partial charge < -0.3 is 5.32 Å². The van der Waals surface area contributed by atoms with E-state index >= 15 is 0 Å². The molecule has 0 amide bonds. The first kappa shape index (κ1) is 18.6. The number of hydrogen-bond acceptors (Lipinski definition) is 8. The van der Waals surface area contributed by atoms with Gasteiger partial charge in [-0.25, -0.2) is 13.4 Å². The lowest BCUT2D eigenvalue weighted by atomic mass is 10.4. The minimum absolute atomic E-state index is 0.0179. The van der Waals surface area contributed by atoms with Crippen LogP contribution in [0.25, 0.3) is 0 Å². The number of nitrogens with zero attached hydrogens (tertiary/aromatic N) is 4. The molecule has 1 aromatic heterocycles. The van der Waals surface area contributed by atoms with E-state index in [2.05, 4.69) is 20.3 Å². The highest BCUT2D eigenvalue weighted by molar-refractivity contribution is 7.98. The number of benzene rings is 1. The minimum Gasteiger partial charge on any atom is -0.329 e. The van der Waals surface area contributed by atoms with Crippen molar-refractivity contribution in [2.75, 3.05) is 11.6 Å². The monoisotopic (exact) mass is 407 g/mol. The molecule has 0 saturated heterocycles. The number of halogens is 1. The van der Waals surface area contributed by atoms with E-state index in [0.29, 0.717) is 21.9 Å². The van der Waals surface area contributed by atoms with E-state index in [0.717, 1.165) is 19.0 Å². The van der Waals surface area contributed by atoms with Gasteiger partial charge in [0, 0.05) is 17.1 Å². The Morgan fingerprint density at radius 2 is 2.00 bits per heavy atom. The number of allylic oxidation sites excluding steroid dienone is 1. The molecule has 0 radical (unpaired) electrons. The zero-order valence-electron chi connectivity index (χ0n) is 13.7. The highest BCUT2D eigenvalue weighted by Gasteiger charge is 2.28. The van der Waals surface area contributed by atoms with Crippen molar-refractivity contribution in [1.82, 2.24) is 15.0 Å². The Kier molecular flexibility index (Phi) is 5.46. The van der Waals surface area contributed by atoms with Crippen molar-refractivity contribution in [2.24, 2.45) is 0 Å². The van der Waals surface area contributed by atoms with Crippen molar-refractivity contribution in [1.29, 1.82) is 5.26 Å². The Morgan fingerprint density at radius 3 is 2.58 bits per heavy atom. The Hall–Kier alpha value is -2.15. The van der Waals surface area contributed by atoms with Gasteiger partial charge in [-0.2, -0.15) is 15.2 Å².